The molecule has 2 N–H and O–H groups in total. The number of nitrogens with one attached hydrogen (secondary N) is 1. The van der Waals surface area contributed by atoms with Gasteiger partial charge in [-0.05, 0) is 44.5 Å². The van der Waals surface area contributed by atoms with Crippen LogP contribution in [0, 0.1) is 0 Å². The standard InChI is InChI=1S/C35H57N2O6P/c1-4-5-6-7-8-9-10-11-12-13-14-15-16-18-25-36-35(38)40-29-34(42-31(2)3)30-41-44(39)43-33-23-21-32(22-24-33)28-37-26-19-17-20-27-37/h17,19-24,26-27,31,34,39H,4-16,18,25,28-30H2,1-3H3/p+1. The molecule has 1 aromatic carbocycles. The molecule has 2 aromatic rings. The first-order valence-electron chi connectivity index (χ1n) is 16.8. The molecule has 2 rings (SSSR count). The zero-order valence-electron chi connectivity index (χ0n) is 27.5. The van der Waals surface area contributed by atoms with E-state index < -0.39 is 20.8 Å². The highest BCUT2D eigenvalue weighted by atomic mass is 31.2. The molecule has 248 valence electrons. The molecule has 8 nitrogen and oxygen atoms in total. The number of hydrogen-bond donors (Lipinski definition) is 2. The molecule has 0 aliphatic heterocycles. The minimum absolute atomic E-state index is 0.0256. The highest BCUT2D eigenvalue weighted by Crippen LogP contribution is 2.35. The van der Waals surface area contributed by atoms with Gasteiger partial charge in [0.1, 0.15) is 18.5 Å². The predicted molar refractivity (Wildman–Crippen MR) is 178 cm³/mol. The van der Waals surface area contributed by atoms with Crippen LogP contribution in [0.1, 0.15) is 116 Å². The second-order valence-corrected chi connectivity index (χ2v) is 12.7. The number of carbonyl (C=O) groups excluding carboxylic acids is 1. The number of unbranched alkanes of at least 4 members (excludes halogenated alkanes) is 13. The van der Waals surface area contributed by atoms with Gasteiger partial charge in [-0.1, -0.05) is 96.5 Å². The molecule has 0 radical (unpaired) electrons. The summed E-state index contributed by atoms with van der Waals surface area (Å²) in [5.74, 6) is 0.515. The highest BCUT2D eigenvalue weighted by molar-refractivity contribution is 7.41. The van der Waals surface area contributed by atoms with E-state index >= 15 is 0 Å². The van der Waals surface area contributed by atoms with Gasteiger partial charge in [-0.15, -0.1) is 0 Å². The van der Waals surface area contributed by atoms with E-state index in [1.165, 1.54) is 77.0 Å². The summed E-state index contributed by atoms with van der Waals surface area (Å²) in [4.78, 5) is 22.5. The van der Waals surface area contributed by atoms with Crippen molar-refractivity contribution in [3.05, 3.63) is 60.4 Å². The number of alkyl carbamates (subject to hydrolysis) is 1. The van der Waals surface area contributed by atoms with Gasteiger partial charge < -0.3 is 24.2 Å². The Labute approximate surface area is 267 Å². The Morgan fingerprint density at radius 1 is 0.818 bits per heavy atom. The minimum Gasteiger partial charge on any atom is -0.447 e. The monoisotopic (exact) mass is 633 g/mol. The number of rotatable bonds is 26. The molecule has 0 bridgehead atoms. The van der Waals surface area contributed by atoms with Crippen LogP contribution in [0.15, 0.2) is 54.9 Å². The number of nitrogens with zero attached hydrogens (tertiary/aromatic N) is 1. The average Bonchev–Trinajstić information content (AvgIpc) is 3.01. The normalized spacial score (nSPS) is 12.7. The third kappa shape index (κ3) is 19.9. The third-order valence-electron chi connectivity index (χ3n) is 7.28. The number of aromatic nitrogens is 1. The molecule has 0 saturated heterocycles. The minimum atomic E-state index is -2.17. The van der Waals surface area contributed by atoms with Crippen molar-refractivity contribution in [1.29, 1.82) is 0 Å². The lowest BCUT2D eigenvalue weighted by Gasteiger charge is -2.21. The molecule has 1 aromatic heterocycles. The number of benzene rings is 1. The maximum Gasteiger partial charge on any atom is 0.407 e. The molecular weight excluding hydrogens is 575 g/mol. The Balaban J connectivity index is 1.51. The lowest BCUT2D eigenvalue weighted by Crippen LogP contribution is -2.33. The number of pyridine rings is 1. The molecule has 0 fully saturated rings. The molecule has 0 saturated carbocycles. The molecule has 1 heterocycles. The molecule has 2 unspecified atom stereocenters. The van der Waals surface area contributed by atoms with Crippen molar-refractivity contribution in [2.45, 2.75) is 129 Å². The van der Waals surface area contributed by atoms with Crippen LogP contribution in [0.25, 0.3) is 0 Å². The van der Waals surface area contributed by atoms with E-state index in [0.29, 0.717) is 12.3 Å². The van der Waals surface area contributed by atoms with Crippen molar-refractivity contribution in [3.63, 3.8) is 0 Å². The van der Waals surface area contributed by atoms with Crippen LogP contribution >= 0.6 is 8.60 Å². The van der Waals surface area contributed by atoms with Crippen LogP contribution in [0.4, 0.5) is 4.79 Å². The van der Waals surface area contributed by atoms with Crippen LogP contribution in [-0.2, 0) is 20.5 Å². The molecule has 44 heavy (non-hydrogen) atoms. The summed E-state index contributed by atoms with van der Waals surface area (Å²) in [6.45, 7) is 7.47. The number of amides is 1. The SMILES string of the molecule is CCCCCCCCCCCCCCCCNC(=O)OCC(COP(O)Oc1ccc(C[n+]2ccccc2)cc1)OC(C)C. The Hall–Kier alpha value is -2.25. The first kappa shape index (κ1) is 37.9. The molecular formula is C35H58N2O6P+. The van der Waals surface area contributed by atoms with E-state index in [-0.39, 0.29) is 19.3 Å². The molecule has 2 atom stereocenters. The topological polar surface area (TPSA) is 90.1 Å². The predicted octanol–water partition coefficient (Wildman–Crippen LogP) is 8.64. The fourth-order valence-corrected chi connectivity index (χ4v) is 5.56. The smallest absolute Gasteiger partial charge is 0.407 e. The van der Waals surface area contributed by atoms with E-state index in [0.717, 1.165) is 24.9 Å². The van der Waals surface area contributed by atoms with Gasteiger partial charge in [0.15, 0.2) is 18.9 Å². The first-order chi connectivity index (χ1) is 21.5. The van der Waals surface area contributed by atoms with Crippen molar-refractivity contribution < 1.29 is 32.8 Å². The summed E-state index contributed by atoms with van der Waals surface area (Å²) in [5, 5.41) is 2.82. The van der Waals surface area contributed by atoms with E-state index in [1.807, 2.05) is 56.6 Å². The lowest BCUT2D eigenvalue weighted by atomic mass is 10.0. The summed E-state index contributed by atoms with van der Waals surface area (Å²) in [6, 6.07) is 13.5. The fourth-order valence-electron chi connectivity index (χ4n) is 4.91. The van der Waals surface area contributed by atoms with E-state index in [2.05, 4.69) is 16.8 Å². The average molecular weight is 634 g/mol. The molecule has 9 heteroatoms. The van der Waals surface area contributed by atoms with Gasteiger partial charge in [0, 0.05) is 24.2 Å². The Kier molecular flexibility index (Phi) is 21.6. The van der Waals surface area contributed by atoms with Crippen LogP contribution in [0.3, 0.4) is 0 Å². The van der Waals surface area contributed by atoms with Gasteiger partial charge in [-0.25, -0.2) is 9.36 Å². The third-order valence-corrected chi connectivity index (χ3v) is 8.02. The summed E-state index contributed by atoms with van der Waals surface area (Å²) in [7, 11) is -2.17. The first-order valence-corrected chi connectivity index (χ1v) is 18.0. The van der Waals surface area contributed by atoms with Crippen LogP contribution in [0.5, 0.6) is 5.75 Å². The van der Waals surface area contributed by atoms with Crippen LogP contribution in [-0.4, -0.2) is 43.0 Å². The Morgan fingerprint density at radius 3 is 1.95 bits per heavy atom. The second-order valence-electron chi connectivity index (χ2n) is 11.7. The lowest BCUT2D eigenvalue weighted by molar-refractivity contribution is -0.688. The van der Waals surface area contributed by atoms with Crippen LogP contribution < -0.4 is 14.4 Å². The molecule has 0 aliphatic rings. The van der Waals surface area contributed by atoms with Crippen molar-refractivity contribution in [2.24, 2.45) is 0 Å². The van der Waals surface area contributed by atoms with Gasteiger partial charge in [0.2, 0.25) is 0 Å². The number of carbonyl (C=O) groups is 1. The Bertz CT molecular complexity index is 963. The fraction of sp³-hybridized carbons (Fsp3) is 0.657. The van der Waals surface area contributed by atoms with Crippen LogP contribution in [0.2, 0.25) is 0 Å². The second kappa shape index (κ2) is 25.0. The molecule has 0 spiro atoms. The highest BCUT2D eigenvalue weighted by Gasteiger charge is 2.19. The molecule has 0 aliphatic carbocycles. The maximum absolute atomic E-state index is 12.2. The quantitative estimate of drug-likeness (QED) is 0.0612. The van der Waals surface area contributed by atoms with E-state index in [9.17, 15) is 9.69 Å². The Morgan fingerprint density at radius 2 is 1.39 bits per heavy atom. The zero-order valence-corrected chi connectivity index (χ0v) is 28.4. The number of ether oxygens (including phenoxy) is 2. The molecule has 1 amide bonds. The summed E-state index contributed by atoms with van der Waals surface area (Å²) >= 11 is 0. The van der Waals surface area contributed by atoms with E-state index in [4.69, 9.17) is 18.5 Å². The zero-order chi connectivity index (χ0) is 31.7. The van der Waals surface area contributed by atoms with Crippen molar-refractivity contribution in [3.8, 4) is 5.75 Å². The summed E-state index contributed by atoms with van der Waals surface area (Å²) < 4.78 is 24.3. The van der Waals surface area contributed by atoms with Gasteiger partial charge in [0.25, 0.3) is 0 Å². The summed E-state index contributed by atoms with van der Waals surface area (Å²) in [5.41, 5.74) is 1.11. The van der Waals surface area contributed by atoms with Crippen molar-refractivity contribution in [2.75, 3.05) is 19.8 Å². The largest absolute Gasteiger partial charge is 0.447 e. The maximum atomic E-state index is 12.2. The van der Waals surface area contributed by atoms with Gasteiger partial charge >= 0.3 is 14.7 Å². The van der Waals surface area contributed by atoms with E-state index in [1.54, 1.807) is 12.1 Å². The van der Waals surface area contributed by atoms with Crippen molar-refractivity contribution in [1.82, 2.24) is 5.32 Å². The van der Waals surface area contributed by atoms with Gasteiger partial charge in [-0.3, -0.25) is 4.52 Å². The number of hydrogen-bond acceptors (Lipinski definition) is 6. The van der Waals surface area contributed by atoms with Gasteiger partial charge in [-0.2, -0.15) is 0 Å². The summed E-state index contributed by atoms with van der Waals surface area (Å²) in [6.07, 6.45) is 21.2. The van der Waals surface area contributed by atoms with Gasteiger partial charge in [0.05, 0.1) is 12.7 Å². The van der Waals surface area contributed by atoms with Crippen molar-refractivity contribution >= 4 is 14.7 Å².